The van der Waals surface area contributed by atoms with Crippen molar-refractivity contribution < 1.29 is 13.9 Å². The Morgan fingerprint density at radius 3 is 2.78 bits per heavy atom. The van der Waals surface area contributed by atoms with Crippen molar-refractivity contribution >= 4 is 23.3 Å². The molecule has 3 aromatic rings. The number of rotatable bonds is 6. The number of ether oxygens (including phenoxy) is 1. The summed E-state index contributed by atoms with van der Waals surface area (Å²) in [6, 6.07) is 11.9. The largest absolute Gasteiger partial charge is 0.436 e. The Hall–Kier alpha value is -3.19. The minimum Gasteiger partial charge on any atom is -0.436 e. The Morgan fingerprint density at radius 2 is 2.00 bits per heavy atom. The summed E-state index contributed by atoms with van der Waals surface area (Å²) in [6.07, 6.45) is 4.83. The maximum absolute atomic E-state index is 13.2. The van der Waals surface area contributed by atoms with E-state index in [1.54, 1.807) is 18.5 Å². The van der Waals surface area contributed by atoms with E-state index in [0.717, 1.165) is 24.9 Å². The molecule has 0 spiro atoms. The van der Waals surface area contributed by atoms with E-state index in [-0.39, 0.29) is 18.4 Å². The average molecular weight is 455 g/mol. The Morgan fingerprint density at radius 1 is 1.22 bits per heavy atom. The summed E-state index contributed by atoms with van der Waals surface area (Å²) in [5.41, 5.74) is 1.82. The first-order valence-corrected chi connectivity index (χ1v) is 10.9. The fraction of sp³-hybridized carbons (Fsp3) is 0.292. The molecule has 6 nitrogen and oxygen atoms in total. The molecule has 1 aliphatic rings. The zero-order valence-electron chi connectivity index (χ0n) is 17.7. The lowest BCUT2D eigenvalue weighted by molar-refractivity contribution is -0.125. The van der Waals surface area contributed by atoms with Gasteiger partial charge in [0.2, 0.25) is 5.91 Å². The van der Waals surface area contributed by atoms with Crippen molar-refractivity contribution in [1.82, 2.24) is 15.3 Å². The smallest absolute Gasteiger partial charge is 0.263 e. The molecule has 1 fully saturated rings. The van der Waals surface area contributed by atoms with Crippen LogP contribution in [0.3, 0.4) is 0 Å². The Labute approximate surface area is 191 Å². The normalized spacial score (nSPS) is 16.0. The van der Waals surface area contributed by atoms with Gasteiger partial charge in [0, 0.05) is 37.1 Å². The second-order valence-corrected chi connectivity index (χ2v) is 8.25. The van der Waals surface area contributed by atoms with Crippen LogP contribution in [0.5, 0.6) is 11.6 Å². The van der Waals surface area contributed by atoms with Gasteiger partial charge in [0.05, 0.1) is 5.92 Å². The van der Waals surface area contributed by atoms with Gasteiger partial charge < -0.3 is 15.0 Å². The summed E-state index contributed by atoms with van der Waals surface area (Å²) in [5.74, 6) is 1.03. The second kappa shape index (κ2) is 9.96. The summed E-state index contributed by atoms with van der Waals surface area (Å²) in [4.78, 5) is 23.7. The first kappa shape index (κ1) is 22.0. The van der Waals surface area contributed by atoms with E-state index in [2.05, 4.69) is 15.3 Å². The molecule has 1 atom stereocenters. The van der Waals surface area contributed by atoms with Crippen molar-refractivity contribution in [3.63, 3.8) is 0 Å². The van der Waals surface area contributed by atoms with E-state index in [1.807, 2.05) is 36.1 Å². The first-order valence-electron chi connectivity index (χ1n) is 10.5. The van der Waals surface area contributed by atoms with Gasteiger partial charge in [0.25, 0.3) is 5.88 Å². The molecule has 4 rings (SSSR count). The molecular weight excluding hydrogens is 431 g/mol. The molecule has 2 heterocycles. The lowest BCUT2D eigenvalue weighted by atomic mass is 9.97. The van der Waals surface area contributed by atoms with E-state index in [9.17, 15) is 9.18 Å². The lowest BCUT2D eigenvalue weighted by Gasteiger charge is -2.33. The van der Waals surface area contributed by atoms with Crippen LogP contribution < -0.4 is 15.0 Å². The average Bonchev–Trinajstić information content (AvgIpc) is 2.80. The SMILES string of the molecule is Cc1ccc(Oc2nccnc2N2CCC[C@H](C(=O)NCc3ccc(F)cc3Cl)C2)cc1. The van der Waals surface area contributed by atoms with Crippen LogP contribution in [0, 0.1) is 18.7 Å². The van der Waals surface area contributed by atoms with Gasteiger partial charge in [-0.3, -0.25) is 4.79 Å². The Balaban J connectivity index is 1.42. The topological polar surface area (TPSA) is 67.4 Å². The Kier molecular flexibility index (Phi) is 6.85. The van der Waals surface area contributed by atoms with Crippen LogP contribution in [0.1, 0.15) is 24.0 Å². The fourth-order valence-corrected chi connectivity index (χ4v) is 3.93. The molecule has 166 valence electrons. The molecule has 1 aliphatic heterocycles. The molecule has 0 bridgehead atoms. The highest BCUT2D eigenvalue weighted by atomic mass is 35.5. The van der Waals surface area contributed by atoms with Crippen LogP contribution in [-0.2, 0) is 11.3 Å². The zero-order valence-corrected chi connectivity index (χ0v) is 18.5. The molecule has 0 saturated carbocycles. The first-order chi connectivity index (χ1) is 15.5. The molecule has 1 amide bonds. The minimum absolute atomic E-state index is 0.0695. The van der Waals surface area contributed by atoms with Gasteiger partial charge in [-0.05, 0) is 49.6 Å². The molecule has 0 unspecified atom stereocenters. The maximum Gasteiger partial charge on any atom is 0.263 e. The molecule has 1 saturated heterocycles. The molecule has 0 aliphatic carbocycles. The number of hydrogen-bond acceptors (Lipinski definition) is 5. The number of nitrogens with one attached hydrogen (secondary N) is 1. The zero-order chi connectivity index (χ0) is 22.5. The summed E-state index contributed by atoms with van der Waals surface area (Å²) < 4.78 is 19.2. The molecule has 1 N–H and O–H groups in total. The molecule has 0 radical (unpaired) electrons. The van der Waals surface area contributed by atoms with Crippen molar-refractivity contribution in [2.75, 3.05) is 18.0 Å². The molecule has 2 aromatic carbocycles. The van der Waals surface area contributed by atoms with Crippen LogP contribution in [0.4, 0.5) is 10.2 Å². The van der Waals surface area contributed by atoms with E-state index in [1.165, 1.54) is 12.1 Å². The van der Waals surface area contributed by atoms with Crippen molar-refractivity contribution in [3.05, 3.63) is 76.8 Å². The summed E-state index contributed by atoms with van der Waals surface area (Å²) in [5, 5.41) is 3.22. The predicted molar refractivity (Wildman–Crippen MR) is 121 cm³/mol. The number of nitrogens with zero attached hydrogens (tertiary/aromatic N) is 3. The number of carbonyl (C=O) groups is 1. The van der Waals surface area contributed by atoms with Crippen LogP contribution in [0.15, 0.2) is 54.9 Å². The third kappa shape index (κ3) is 5.34. The van der Waals surface area contributed by atoms with E-state index in [0.29, 0.717) is 34.6 Å². The van der Waals surface area contributed by atoms with Crippen molar-refractivity contribution in [2.45, 2.75) is 26.3 Å². The maximum atomic E-state index is 13.2. The molecular formula is C24H24ClFN4O2. The summed E-state index contributed by atoms with van der Waals surface area (Å²) in [7, 11) is 0. The van der Waals surface area contributed by atoms with Crippen LogP contribution in [-0.4, -0.2) is 29.0 Å². The lowest BCUT2D eigenvalue weighted by Crippen LogP contribution is -2.43. The highest BCUT2D eigenvalue weighted by Crippen LogP contribution is 2.31. The number of aromatic nitrogens is 2. The molecule has 1 aromatic heterocycles. The Bertz CT molecular complexity index is 1090. The standard InChI is InChI=1S/C24H24ClFN4O2/c1-16-4-8-20(9-5-16)32-24-22(27-10-11-28-24)30-12-2-3-18(15-30)23(31)29-14-17-6-7-19(26)13-21(17)25/h4-11,13,18H,2-3,12,14-15H2,1H3,(H,29,31)/t18-/m0/s1. The number of hydrogen-bond donors (Lipinski definition) is 1. The van der Waals surface area contributed by atoms with Gasteiger partial charge >= 0.3 is 0 Å². The van der Waals surface area contributed by atoms with Gasteiger partial charge in [-0.2, -0.15) is 0 Å². The summed E-state index contributed by atoms with van der Waals surface area (Å²) in [6.45, 7) is 3.53. The van der Waals surface area contributed by atoms with Gasteiger partial charge in [0.1, 0.15) is 11.6 Å². The third-order valence-corrected chi connectivity index (χ3v) is 5.79. The number of carbonyl (C=O) groups excluding carboxylic acids is 1. The van der Waals surface area contributed by atoms with Crippen molar-refractivity contribution in [2.24, 2.45) is 5.92 Å². The quantitative estimate of drug-likeness (QED) is 0.573. The van der Waals surface area contributed by atoms with E-state index in [4.69, 9.17) is 16.3 Å². The van der Waals surface area contributed by atoms with Crippen LogP contribution >= 0.6 is 11.6 Å². The van der Waals surface area contributed by atoms with Crippen LogP contribution in [0.25, 0.3) is 0 Å². The van der Waals surface area contributed by atoms with E-state index < -0.39 is 5.82 Å². The number of piperidine rings is 1. The number of benzene rings is 2. The van der Waals surface area contributed by atoms with Crippen LogP contribution in [0.2, 0.25) is 5.02 Å². The van der Waals surface area contributed by atoms with Gasteiger partial charge in [0.15, 0.2) is 5.82 Å². The number of halogens is 2. The monoisotopic (exact) mass is 454 g/mol. The number of amides is 1. The number of aryl methyl sites for hydroxylation is 1. The van der Waals surface area contributed by atoms with Crippen molar-refractivity contribution in [3.8, 4) is 11.6 Å². The predicted octanol–water partition coefficient (Wildman–Crippen LogP) is 4.90. The molecule has 32 heavy (non-hydrogen) atoms. The highest BCUT2D eigenvalue weighted by molar-refractivity contribution is 6.31. The highest BCUT2D eigenvalue weighted by Gasteiger charge is 2.28. The van der Waals surface area contributed by atoms with Crippen molar-refractivity contribution in [1.29, 1.82) is 0 Å². The van der Waals surface area contributed by atoms with Gasteiger partial charge in [-0.25, -0.2) is 14.4 Å². The minimum atomic E-state index is -0.402. The third-order valence-electron chi connectivity index (χ3n) is 5.44. The second-order valence-electron chi connectivity index (χ2n) is 7.84. The van der Waals surface area contributed by atoms with E-state index >= 15 is 0 Å². The number of anilines is 1. The van der Waals surface area contributed by atoms with Gasteiger partial charge in [-0.1, -0.05) is 35.4 Å². The summed E-state index contributed by atoms with van der Waals surface area (Å²) >= 11 is 6.07. The van der Waals surface area contributed by atoms with Gasteiger partial charge in [-0.15, -0.1) is 0 Å². The fourth-order valence-electron chi connectivity index (χ4n) is 3.70. The molecule has 8 heteroatoms.